The summed E-state index contributed by atoms with van der Waals surface area (Å²) in [6, 6.07) is 2.68. The Kier molecular flexibility index (Phi) is 4.09. The van der Waals surface area contributed by atoms with Crippen molar-refractivity contribution in [3.8, 4) is 0 Å². The Morgan fingerprint density at radius 3 is 2.85 bits per heavy atom. The molecule has 0 aliphatic carbocycles. The Balaban J connectivity index is 2.04. The van der Waals surface area contributed by atoms with Crippen LogP contribution in [0, 0.1) is 16.6 Å². The topological polar surface area (TPSA) is 114 Å². The van der Waals surface area contributed by atoms with Crippen LogP contribution in [0.25, 0.3) is 10.9 Å². The Labute approximate surface area is 119 Å². The summed E-state index contributed by atoms with van der Waals surface area (Å²) >= 11 is 5.95. The Hall–Kier alpha value is -2.28. The van der Waals surface area contributed by atoms with Gasteiger partial charge in [-0.3, -0.25) is 16.1 Å². The van der Waals surface area contributed by atoms with Gasteiger partial charge in [-0.05, 0) is 24.1 Å². The van der Waals surface area contributed by atoms with Crippen LogP contribution in [-0.2, 0) is 6.42 Å². The van der Waals surface area contributed by atoms with E-state index in [1.807, 2.05) is 0 Å². The van der Waals surface area contributed by atoms with E-state index in [1.54, 1.807) is 6.20 Å². The van der Waals surface area contributed by atoms with E-state index >= 15 is 0 Å². The second kappa shape index (κ2) is 5.79. The summed E-state index contributed by atoms with van der Waals surface area (Å²) in [7, 11) is 0. The quantitative estimate of drug-likeness (QED) is 0.381. The summed E-state index contributed by atoms with van der Waals surface area (Å²) in [5.74, 6) is -0.743. The van der Waals surface area contributed by atoms with E-state index in [-0.39, 0.29) is 17.7 Å². The van der Waals surface area contributed by atoms with E-state index in [9.17, 15) is 4.39 Å². The number of rotatable bonds is 3. The zero-order valence-electron chi connectivity index (χ0n) is 10.5. The highest BCUT2D eigenvalue weighted by Crippen LogP contribution is 2.26. The van der Waals surface area contributed by atoms with Crippen molar-refractivity contribution in [1.29, 1.82) is 10.8 Å². The van der Waals surface area contributed by atoms with Crippen LogP contribution in [0.5, 0.6) is 0 Å². The third kappa shape index (κ3) is 3.18. The minimum atomic E-state index is -0.387. The second-order valence-electron chi connectivity index (χ2n) is 4.21. The molecule has 7 N–H and O–H groups in total. The molecule has 0 aliphatic heterocycles. The summed E-state index contributed by atoms with van der Waals surface area (Å²) in [4.78, 5) is 3.00. The number of hydrogen-bond donors (Lipinski definition) is 6. The summed E-state index contributed by atoms with van der Waals surface area (Å²) in [5, 5.41) is 20.6. The number of aromatic amines is 1. The molecule has 0 aliphatic rings. The molecule has 2 aromatic rings. The first-order chi connectivity index (χ1) is 9.47. The molecular formula is C12H14ClFN6. The Morgan fingerprint density at radius 1 is 1.40 bits per heavy atom. The van der Waals surface area contributed by atoms with Crippen molar-refractivity contribution < 1.29 is 4.39 Å². The molecule has 0 spiro atoms. The number of guanidine groups is 2. The van der Waals surface area contributed by atoms with Crippen molar-refractivity contribution >= 4 is 34.4 Å². The van der Waals surface area contributed by atoms with Gasteiger partial charge in [0.15, 0.2) is 11.9 Å². The normalized spacial score (nSPS) is 10.5. The van der Waals surface area contributed by atoms with Crippen LogP contribution in [0.2, 0.25) is 5.02 Å². The Morgan fingerprint density at radius 2 is 2.15 bits per heavy atom. The SMILES string of the molecule is N=C(N)NC(=N)NCCc1c[nH]c2c(Cl)cc(F)cc12. The van der Waals surface area contributed by atoms with E-state index < -0.39 is 0 Å². The molecule has 6 nitrogen and oxygen atoms in total. The van der Waals surface area contributed by atoms with Crippen LogP contribution in [0.3, 0.4) is 0 Å². The molecule has 1 heterocycles. The lowest BCUT2D eigenvalue weighted by Crippen LogP contribution is -2.43. The summed E-state index contributed by atoms with van der Waals surface area (Å²) in [6.45, 7) is 0.445. The predicted molar refractivity (Wildman–Crippen MR) is 77.7 cm³/mol. The largest absolute Gasteiger partial charge is 0.370 e. The lowest BCUT2D eigenvalue weighted by Gasteiger charge is -2.08. The molecule has 0 atom stereocenters. The van der Waals surface area contributed by atoms with Gasteiger partial charge in [-0.25, -0.2) is 4.39 Å². The number of nitrogens with one attached hydrogen (secondary N) is 5. The molecule has 0 radical (unpaired) electrons. The Bertz CT molecular complexity index is 665. The molecule has 20 heavy (non-hydrogen) atoms. The first-order valence-electron chi connectivity index (χ1n) is 5.86. The fourth-order valence-electron chi connectivity index (χ4n) is 1.92. The van der Waals surface area contributed by atoms with Crippen LogP contribution < -0.4 is 16.4 Å². The first kappa shape index (κ1) is 14.1. The van der Waals surface area contributed by atoms with Crippen LogP contribution in [0.15, 0.2) is 18.3 Å². The van der Waals surface area contributed by atoms with Gasteiger partial charge in [-0.15, -0.1) is 0 Å². The molecule has 2 rings (SSSR count). The maximum atomic E-state index is 13.4. The molecule has 0 fully saturated rings. The fraction of sp³-hybridized carbons (Fsp3) is 0.167. The third-order valence-electron chi connectivity index (χ3n) is 2.75. The van der Waals surface area contributed by atoms with Gasteiger partial charge in [0.05, 0.1) is 10.5 Å². The highest BCUT2D eigenvalue weighted by Gasteiger charge is 2.09. The van der Waals surface area contributed by atoms with Gasteiger partial charge in [0.25, 0.3) is 0 Å². The molecular weight excluding hydrogens is 283 g/mol. The summed E-state index contributed by atoms with van der Waals surface area (Å²) in [6.07, 6.45) is 2.33. The number of nitrogens with two attached hydrogens (primary N) is 1. The number of fused-ring (bicyclic) bond motifs is 1. The second-order valence-corrected chi connectivity index (χ2v) is 4.62. The van der Waals surface area contributed by atoms with Gasteiger partial charge in [0.1, 0.15) is 5.82 Å². The number of hydrogen-bond acceptors (Lipinski definition) is 2. The van der Waals surface area contributed by atoms with Gasteiger partial charge in [0, 0.05) is 18.1 Å². The molecule has 1 aromatic carbocycles. The third-order valence-corrected chi connectivity index (χ3v) is 3.05. The first-order valence-corrected chi connectivity index (χ1v) is 6.23. The van der Waals surface area contributed by atoms with Crippen molar-refractivity contribution in [3.63, 3.8) is 0 Å². The number of halogens is 2. The fourth-order valence-corrected chi connectivity index (χ4v) is 2.18. The number of benzene rings is 1. The molecule has 1 aromatic heterocycles. The zero-order chi connectivity index (χ0) is 14.7. The van der Waals surface area contributed by atoms with Crippen molar-refractivity contribution in [1.82, 2.24) is 15.6 Å². The maximum Gasteiger partial charge on any atom is 0.195 e. The van der Waals surface area contributed by atoms with E-state index in [0.29, 0.717) is 23.5 Å². The van der Waals surface area contributed by atoms with Crippen molar-refractivity contribution in [2.75, 3.05) is 6.54 Å². The number of aromatic nitrogens is 1. The molecule has 0 saturated carbocycles. The molecule has 0 saturated heterocycles. The standard InChI is InChI=1S/C12H14ClFN6/c13-9-4-7(14)3-8-6(5-19-10(8)9)1-2-18-12(17)20-11(15)16/h3-5,19H,1-2H2,(H6,15,16,17,18,20). The van der Waals surface area contributed by atoms with E-state index in [4.69, 9.17) is 28.2 Å². The minimum absolute atomic E-state index is 0.0541. The minimum Gasteiger partial charge on any atom is -0.370 e. The van der Waals surface area contributed by atoms with Crippen LogP contribution in [0.1, 0.15) is 5.56 Å². The highest BCUT2D eigenvalue weighted by atomic mass is 35.5. The molecule has 106 valence electrons. The average molecular weight is 297 g/mol. The van der Waals surface area contributed by atoms with Crippen LogP contribution >= 0.6 is 11.6 Å². The van der Waals surface area contributed by atoms with Gasteiger partial charge >= 0.3 is 0 Å². The van der Waals surface area contributed by atoms with Gasteiger partial charge < -0.3 is 16.0 Å². The zero-order valence-corrected chi connectivity index (χ0v) is 11.2. The van der Waals surface area contributed by atoms with Gasteiger partial charge in [-0.1, -0.05) is 11.6 Å². The smallest absolute Gasteiger partial charge is 0.195 e. The van der Waals surface area contributed by atoms with Crippen LogP contribution in [0.4, 0.5) is 4.39 Å². The lowest BCUT2D eigenvalue weighted by atomic mass is 10.1. The molecule has 0 amide bonds. The molecule has 0 bridgehead atoms. The van der Waals surface area contributed by atoms with E-state index in [1.165, 1.54) is 12.1 Å². The monoisotopic (exact) mass is 296 g/mol. The van der Waals surface area contributed by atoms with Crippen molar-refractivity contribution in [3.05, 3.63) is 34.7 Å². The van der Waals surface area contributed by atoms with Gasteiger partial charge in [0.2, 0.25) is 0 Å². The van der Waals surface area contributed by atoms with Crippen LogP contribution in [-0.4, -0.2) is 23.4 Å². The predicted octanol–water partition coefficient (Wildman–Crippen LogP) is 1.51. The van der Waals surface area contributed by atoms with Gasteiger partial charge in [-0.2, -0.15) is 0 Å². The number of H-pyrrole nitrogens is 1. The summed E-state index contributed by atoms with van der Waals surface area (Å²) in [5.41, 5.74) is 6.68. The lowest BCUT2D eigenvalue weighted by molar-refractivity contribution is 0.629. The maximum absolute atomic E-state index is 13.4. The van der Waals surface area contributed by atoms with Crippen molar-refractivity contribution in [2.45, 2.75) is 6.42 Å². The summed E-state index contributed by atoms with van der Waals surface area (Å²) < 4.78 is 13.4. The molecule has 0 unspecified atom stereocenters. The van der Waals surface area contributed by atoms with Crippen molar-refractivity contribution in [2.24, 2.45) is 5.73 Å². The highest BCUT2D eigenvalue weighted by molar-refractivity contribution is 6.35. The van der Waals surface area contributed by atoms with E-state index in [0.717, 1.165) is 10.9 Å². The average Bonchev–Trinajstić information content (AvgIpc) is 2.71. The van der Waals surface area contributed by atoms with E-state index in [2.05, 4.69) is 15.6 Å². The molecule has 8 heteroatoms.